The Bertz CT molecular complexity index is 199. The van der Waals surface area contributed by atoms with Gasteiger partial charge in [0.05, 0.1) is 0 Å². The Kier molecular flexibility index (Phi) is 5.94. The molecule has 0 aromatic carbocycles. The van der Waals surface area contributed by atoms with E-state index < -0.39 is 0 Å². The molecule has 0 aliphatic carbocycles. The van der Waals surface area contributed by atoms with Crippen LogP contribution in [0.25, 0.3) is 0 Å². The Balaban J connectivity index is 2.23. The zero-order chi connectivity index (χ0) is 12.9. The van der Waals surface area contributed by atoms with E-state index in [4.69, 9.17) is 0 Å². The van der Waals surface area contributed by atoms with Gasteiger partial charge in [-0.2, -0.15) is 0 Å². The zero-order valence-electron chi connectivity index (χ0n) is 12.6. The molecule has 2 nitrogen and oxygen atoms in total. The van der Waals surface area contributed by atoms with Gasteiger partial charge < -0.3 is 5.32 Å². The van der Waals surface area contributed by atoms with E-state index in [0.29, 0.717) is 6.04 Å². The Labute approximate surface area is 108 Å². The molecule has 1 heterocycles. The van der Waals surface area contributed by atoms with Gasteiger partial charge in [0, 0.05) is 18.1 Å². The lowest BCUT2D eigenvalue weighted by Crippen LogP contribution is -2.48. The van der Waals surface area contributed by atoms with E-state index in [0.717, 1.165) is 12.5 Å². The second kappa shape index (κ2) is 6.75. The zero-order valence-corrected chi connectivity index (χ0v) is 12.6. The predicted octanol–water partition coefficient (Wildman–Crippen LogP) is 3.28. The van der Waals surface area contributed by atoms with E-state index in [1.807, 2.05) is 0 Å². The molecule has 0 bridgehead atoms. The van der Waals surface area contributed by atoms with Crippen LogP contribution in [0.2, 0.25) is 0 Å². The summed E-state index contributed by atoms with van der Waals surface area (Å²) in [6.07, 6.45) is 5.61. The number of piperidine rings is 1. The third-order valence-electron chi connectivity index (χ3n) is 3.90. The van der Waals surface area contributed by atoms with Crippen molar-refractivity contribution in [2.45, 2.75) is 71.9 Å². The third-order valence-corrected chi connectivity index (χ3v) is 3.90. The summed E-state index contributed by atoms with van der Waals surface area (Å²) < 4.78 is 0. The van der Waals surface area contributed by atoms with Gasteiger partial charge in [-0.15, -0.1) is 0 Å². The first-order valence-electron chi connectivity index (χ1n) is 7.41. The fourth-order valence-corrected chi connectivity index (χ4v) is 2.67. The van der Waals surface area contributed by atoms with Crippen molar-refractivity contribution in [3.8, 4) is 0 Å². The molecular weight excluding hydrogens is 208 g/mol. The highest BCUT2D eigenvalue weighted by atomic mass is 15.2. The molecule has 1 fully saturated rings. The van der Waals surface area contributed by atoms with Crippen molar-refractivity contribution in [2.24, 2.45) is 5.92 Å². The summed E-state index contributed by atoms with van der Waals surface area (Å²) in [5, 5.41) is 3.61. The molecule has 102 valence electrons. The van der Waals surface area contributed by atoms with Gasteiger partial charge in [0.25, 0.3) is 0 Å². The van der Waals surface area contributed by atoms with Crippen LogP contribution in [0.5, 0.6) is 0 Å². The highest BCUT2D eigenvalue weighted by Gasteiger charge is 2.22. The highest BCUT2D eigenvalue weighted by Crippen LogP contribution is 2.22. The smallest absolute Gasteiger partial charge is 0.0192 e. The summed E-state index contributed by atoms with van der Waals surface area (Å²) in [6, 6.07) is 0.678. The minimum absolute atomic E-state index is 0.245. The van der Waals surface area contributed by atoms with E-state index in [-0.39, 0.29) is 5.54 Å². The number of nitrogens with one attached hydrogen (secondary N) is 1. The van der Waals surface area contributed by atoms with Gasteiger partial charge in [0.15, 0.2) is 0 Å². The predicted molar refractivity (Wildman–Crippen MR) is 76.4 cm³/mol. The molecule has 1 atom stereocenters. The van der Waals surface area contributed by atoms with Crippen LogP contribution in [-0.4, -0.2) is 36.1 Å². The van der Waals surface area contributed by atoms with Crippen LogP contribution in [0.4, 0.5) is 0 Å². The lowest BCUT2D eigenvalue weighted by Gasteiger charge is -2.37. The monoisotopic (exact) mass is 240 g/mol. The summed E-state index contributed by atoms with van der Waals surface area (Å²) in [5.74, 6) is 0.999. The van der Waals surface area contributed by atoms with Crippen molar-refractivity contribution >= 4 is 0 Å². The third kappa shape index (κ3) is 5.87. The van der Waals surface area contributed by atoms with Crippen LogP contribution in [-0.2, 0) is 0 Å². The van der Waals surface area contributed by atoms with Gasteiger partial charge in [-0.25, -0.2) is 0 Å². The highest BCUT2D eigenvalue weighted by molar-refractivity contribution is 4.80. The first-order valence-corrected chi connectivity index (χ1v) is 7.41. The number of rotatable bonds is 5. The van der Waals surface area contributed by atoms with Crippen LogP contribution >= 0.6 is 0 Å². The summed E-state index contributed by atoms with van der Waals surface area (Å²) in [6.45, 7) is 15.1. The van der Waals surface area contributed by atoms with Gasteiger partial charge >= 0.3 is 0 Å². The summed E-state index contributed by atoms with van der Waals surface area (Å²) in [4.78, 5) is 2.66. The molecular formula is C15H32N2. The first kappa shape index (κ1) is 15.0. The minimum atomic E-state index is 0.245. The largest absolute Gasteiger partial charge is 0.311 e. The number of hydrogen-bond donors (Lipinski definition) is 1. The van der Waals surface area contributed by atoms with E-state index in [1.165, 1.54) is 38.8 Å². The molecule has 0 radical (unpaired) electrons. The van der Waals surface area contributed by atoms with Gasteiger partial charge in [0.2, 0.25) is 0 Å². The Morgan fingerprint density at radius 3 is 2.29 bits per heavy atom. The van der Waals surface area contributed by atoms with Gasteiger partial charge in [0.1, 0.15) is 0 Å². The van der Waals surface area contributed by atoms with E-state index in [1.54, 1.807) is 0 Å². The first-order chi connectivity index (χ1) is 7.92. The summed E-state index contributed by atoms with van der Waals surface area (Å²) >= 11 is 0. The van der Waals surface area contributed by atoms with Crippen molar-refractivity contribution in [3.63, 3.8) is 0 Å². The van der Waals surface area contributed by atoms with Gasteiger partial charge in [-0.1, -0.05) is 19.8 Å². The van der Waals surface area contributed by atoms with Gasteiger partial charge in [-0.05, 0) is 59.5 Å². The summed E-state index contributed by atoms with van der Waals surface area (Å²) in [5.41, 5.74) is 0.245. The number of nitrogens with zero attached hydrogens (tertiary/aromatic N) is 1. The molecule has 17 heavy (non-hydrogen) atoms. The van der Waals surface area contributed by atoms with Crippen molar-refractivity contribution in [1.82, 2.24) is 10.2 Å². The lowest BCUT2D eigenvalue weighted by molar-refractivity contribution is 0.131. The molecule has 1 aliphatic rings. The maximum absolute atomic E-state index is 3.61. The standard InChI is InChI=1S/C15H32N2/c1-6-7-14-8-10-17(11-9-14)13(2)12-16-15(3,4)5/h13-14,16H,6-12H2,1-5H3. The van der Waals surface area contributed by atoms with E-state index in [2.05, 4.69) is 44.8 Å². The van der Waals surface area contributed by atoms with Crippen molar-refractivity contribution in [1.29, 1.82) is 0 Å². The molecule has 0 spiro atoms. The second-order valence-electron chi connectivity index (χ2n) is 6.75. The van der Waals surface area contributed by atoms with Crippen LogP contribution in [0.1, 0.15) is 60.3 Å². The number of hydrogen-bond acceptors (Lipinski definition) is 2. The van der Waals surface area contributed by atoms with Crippen molar-refractivity contribution in [2.75, 3.05) is 19.6 Å². The quantitative estimate of drug-likeness (QED) is 0.793. The lowest BCUT2D eigenvalue weighted by atomic mass is 9.92. The molecule has 0 aromatic rings. The van der Waals surface area contributed by atoms with E-state index >= 15 is 0 Å². The molecule has 1 N–H and O–H groups in total. The van der Waals surface area contributed by atoms with Crippen LogP contribution in [0.3, 0.4) is 0 Å². The average Bonchev–Trinajstić information content (AvgIpc) is 2.26. The molecule has 0 amide bonds. The Morgan fingerprint density at radius 1 is 1.24 bits per heavy atom. The Hall–Kier alpha value is -0.0800. The van der Waals surface area contributed by atoms with Crippen molar-refractivity contribution in [3.05, 3.63) is 0 Å². The normalized spacial score (nSPS) is 21.7. The van der Waals surface area contributed by atoms with Crippen LogP contribution < -0.4 is 5.32 Å². The molecule has 0 saturated carbocycles. The second-order valence-corrected chi connectivity index (χ2v) is 6.75. The van der Waals surface area contributed by atoms with E-state index in [9.17, 15) is 0 Å². The van der Waals surface area contributed by atoms with Crippen LogP contribution in [0.15, 0.2) is 0 Å². The molecule has 1 saturated heterocycles. The molecule has 0 aromatic heterocycles. The maximum atomic E-state index is 3.61. The summed E-state index contributed by atoms with van der Waals surface area (Å²) in [7, 11) is 0. The van der Waals surface area contributed by atoms with Crippen LogP contribution in [0, 0.1) is 5.92 Å². The molecule has 2 heteroatoms. The topological polar surface area (TPSA) is 15.3 Å². The minimum Gasteiger partial charge on any atom is -0.311 e. The molecule has 1 aliphatic heterocycles. The molecule has 1 rings (SSSR count). The SMILES string of the molecule is CCCC1CCN(C(C)CNC(C)(C)C)CC1. The van der Waals surface area contributed by atoms with Gasteiger partial charge in [-0.3, -0.25) is 4.90 Å². The molecule has 1 unspecified atom stereocenters. The fraction of sp³-hybridized carbons (Fsp3) is 1.00. The van der Waals surface area contributed by atoms with Crippen molar-refractivity contribution < 1.29 is 0 Å². The maximum Gasteiger partial charge on any atom is 0.0192 e. The average molecular weight is 240 g/mol. The Morgan fingerprint density at radius 2 is 1.82 bits per heavy atom. The number of likely N-dealkylation sites (tertiary alicyclic amines) is 1. The fourth-order valence-electron chi connectivity index (χ4n) is 2.67.